The first kappa shape index (κ1) is 17.2. The van der Waals surface area contributed by atoms with Gasteiger partial charge in [0.15, 0.2) is 0 Å². The van der Waals surface area contributed by atoms with Gasteiger partial charge in [-0.15, -0.1) is 11.6 Å². The zero-order chi connectivity index (χ0) is 15.8. The van der Waals surface area contributed by atoms with E-state index in [9.17, 15) is 4.79 Å². The Balaban J connectivity index is 0.00000106. The van der Waals surface area contributed by atoms with Gasteiger partial charge in [-0.2, -0.15) is 0 Å². The molecule has 0 spiro atoms. The minimum atomic E-state index is -0.962. The molecular formula is C16H21ClN2O2. The maximum absolute atomic E-state index is 10.9. The van der Waals surface area contributed by atoms with E-state index >= 15 is 0 Å². The van der Waals surface area contributed by atoms with Gasteiger partial charge in [0.1, 0.15) is 0 Å². The van der Waals surface area contributed by atoms with Crippen LogP contribution in [-0.4, -0.2) is 28.5 Å². The molecule has 114 valence electrons. The van der Waals surface area contributed by atoms with E-state index < -0.39 is 5.97 Å². The van der Waals surface area contributed by atoms with Crippen molar-refractivity contribution in [3.8, 4) is 0 Å². The lowest BCUT2D eigenvalue weighted by Crippen LogP contribution is -2.04. The number of benzene rings is 1. The van der Waals surface area contributed by atoms with Crippen molar-refractivity contribution in [2.75, 3.05) is 17.7 Å². The molecule has 5 heteroatoms. The first-order valence-corrected chi connectivity index (χ1v) is 7.59. The van der Waals surface area contributed by atoms with E-state index in [0.29, 0.717) is 5.88 Å². The summed E-state index contributed by atoms with van der Waals surface area (Å²) in [7, 11) is 0. The number of hydrogen-bond donors (Lipinski definition) is 2. The number of nitrogens with one attached hydrogen (secondary N) is 1. The van der Waals surface area contributed by atoms with Gasteiger partial charge in [0.2, 0.25) is 0 Å². The van der Waals surface area contributed by atoms with E-state index in [1.807, 2.05) is 32.9 Å². The highest BCUT2D eigenvalue weighted by atomic mass is 35.5. The summed E-state index contributed by atoms with van der Waals surface area (Å²) in [5.74, 6) is -0.337. The van der Waals surface area contributed by atoms with Gasteiger partial charge in [0.05, 0.1) is 11.1 Å². The van der Waals surface area contributed by atoms with E-state index in [2.05, 4.69) is 10.3 Å². The number of pyridine rings is 1. The molecule has 4 nitrogen and oxygen atoms in total. The molecule has 2 rings (SSSR count). The van der Waals surface area contributed by atoms with Crippen molar-refractivity contribution in [1.29, 1.82) is 0 Å². The van der Waals surface area contributed by atoms with Crippen LogP contribution in [0.25, 0.3) is 10.9 Å². The number of carbonyl (C=O) groups is 1. The van der Waals surface area contributed by atoms with Crippen LogP contribution in [-0.2, 0) is 0 Å². The lowest BCUT2D eigenvalue weighted by molar-refractivity contribution is 0.0696. The minimum Gasteiger partial charge on any atom is -0.478 e. The Morgan fingerprint density at radius 1 is 1.33 bits per heavy atom. The summed E-state index contributed by atoms with van der Waals surface area (Å²) >= 11 is 5.64. The number of anilines is 1. The third kappa shape index (κ3) is 4.60. The summed E-state index contributed by atoms with van der Waals surface area (Å²) in [6.45, 7) is 6.79. The van der Waals surface area contributed by atoms with Gasteiger partial charge in [-0.1, -0.05) is 13.8 Å². The van der Waals surface area contributed by atoms with Gasteiger partial charge in [0, 0.05) is 29.7 Å². The number of halogens is 1. The molecule has 0 saturated heterocycles. The molecule has 0 atom stereocenters. The average Bonchev–Trinajstić information content (AvgIpc) is 2.49. The molecule has 21 heavy (non-hydrogen) atoms. The number of alkyl halides is 1. The second-order valence-electron chi connectivity index (χ2n) is 4.36. The SMILES string of the molecule is CC.Cc1cc2cc(C(=O)O)cnc2cc1NCCCCl. The fraction of sp³-hybridized carbons (Fsp3) is 0.375. The quantitative estimate of drug-likeness (QED) is 0.638. The van der Waals surface area contributed by atoms with Gasteiger partial charge in [-0.3, -0.25) is 4.98 Å². The van der Waals surface area contributed by atoms with Crippen LogP contribution in [0.4, 0.5) is 5.69 Å². The third-order valence-electron chi connectivity index (χ3n) is 2.90. The Hall–Kier alpha value is -1.81. The van der Waals surface area contributed by atoms with Gasteiger partial charge in [0.25, 0.3) is 0 Å². The fourth-order valence-electron chi connectivity index (χ4n) is 1.89. The number of nitrogens with zero attached hydrogens (tertiary/aromatic N) is 1. The van der Waals surface area contributed by atoms with Crippen LogP contribution in [0.5, 0.6) is 0 Å². The molecule has 0 aliphatic rings. The summed E-state index contributed by atoms with van der Waals surface area (Å²) in [5.41, 5.74) is 3.05. The van der Waals surface area contributed by atoms with Crippen molar-refractivity contribution in [2.45, 2.75) is 27.2 Å². The van der Waals surface area contributed by atoms with Crippen LogP contribution in [0.1, 0.15) is 36.2 Å². The smallest absolute Gasteiger partial charge is 0.337 e. The maximum atomic E-state index is 10.9. The van der Waals surface area contributed by atoms with Crippen molar-refractivity contribution in [3.63, 3.8) is 0 Å². The number of rotatable bonds is 5. The maximum Gasteiger partial charge on any atom is 0.337 e. The number of carboxylic acids is 1. The predicted molar refractivity (Wildman–Crippen MR) is 88.6 cm³/mol. The second kappa shape index (κ2) is 8.47. The van der Waals surface area contributed by atoms with Crippen molar-refractivity contribution in [2.24, 2.45) is 0 Å². The lowest BCUT2D eigenvalue weighted by Gasteiger charge is -2.10. The summed E-state index contributed by atoms with van der Waals surface area (Å²) in [6.07, 6.45) is 2.27. The molecule has 0 fully saturated rings. The van der Waals surface area contributed by atoms with E-state index in [1.165, 1.54) is 6.20 Å². The van der Waals surface area contributed by atoms with Crippen LogP contribution >= 0.6 is 11.6 Å². The zero-order valence-electron chi connectivity index (χ0n) is 12.6. The van der Waals surface area contributed by atoms with Gasteiger partial charge in [-0.05, 0) is 37.1 Å². The standard InChI is InChI=1S/C14H15ClN2O2.C2H6/c1-9-5-10-6-11(14(18)19)8-17-13(10)7-12(9)16-4-2-3-15;1-2/h5-8,16H,2-4H2,1H3,(H,18,19);1-2H3. The highest BCUT2D eigenvalue weighted by Gasteiger charge is 2.07. The van der Waals surface area contributed by atoms with Crippen LogP contribution in [0.15, 0.2) is 24.4 Å². The average molecular weight is 309 g/mol. The molecule has 0 saturated carbocycles. The molecule has 2 N–H and O–H groups in total. The summed E-state index contributed by atoms with van der Waals surface area (Å²) in [6, 6.07) is 5.52. The molecule has 0 aliphatic carbocycles. The van der Waals surface area contributed by atoms with E-state index in [1.54, 1.807) is 6.07 Å². The monoisotopic (exact) mass is 308 g/mol. The Kier molecular flexibility index (Phi) is 6.96. The summed E-state index contributed by atoms with van der Waals surface area (Å²) in [4.78, 5) is 15.1. The summed E-state index contributed by atoms with van der Waals surface area (Å²) in [5, 5.41) is 13.1. The molecule has 0 bridgehead atoms. The number of aryl methyl sites for hydroxylation is 1. The first-order valence-electron chi connectivity index (χ1n) is 7.05. The van der Waals surface area contributed by atoms with Gasteiger partial charge < -0.3 is 10.4 Å². The van der Waals surface area contributed by atoms with Crippen LogP contribution in [0.2, 0.25) is 0 Å². The molecular weight excluding hydrogens is 288 g/mol. The van der Waals surface area contributed by atoms with Crippen LogP contribution in [0, 0.1) is 6.92 Å². The molecule has 0 aliphatic heterocycles. The largest absolute Gasteiger partial charge is 0.478 e. The highest BCUT2D eigenvalue weighted by molar-refractivity contribution is 6.17. The van der Waals surface area contributed by atoms with Crippen molar-refractivity contribution >= 4 is 34.2 Å². The third-order valence-corrected chi connectivity index (χ3v) is 3.17. The number of carboxylic acid groups (broad SMARTS) is 1. The lowest BCUT2D eigenvalue weighted by atomic mass is 10.1. The van der Waals surface area contributed by atoms with E-state index in [0.717, 1.165) is 35.1 Å². The van der Waals surface area contributed by atoms with E-state index in [4.69, 9.17) is 16.7 Å². The number of aromatic nitrogens is 1. The summed E-state index contributed by atoms with van der Waals surface area (Å²) < 4.78 is 0. The Morgan fingerprint density at radius 3 is 2.67 bits per heavy atom. The fourth-order valence-corrected chi connectivity index (χ4v) is 2.02. The molecule has 0 amide bonds. The predicted octanol–water partition coefficient (Wildman–Crippen LogP) is 4.31. The number of fused-ring (bicyclic) bond motifs is 1. The highest BCUT2D eigenvalue weighted by Crippen LogP contribution is 2.23. The first-order chi connectivity index (χ1) is 10.1. The van der Waals surface area contributed by atoms with E-state index in [-0.39, 0.29) is 5.56 Å². The van der Waals surface area contributed by atoms with Crippen LogP contribution in [0.3, 0.4) is 0 Å². The second-order valence-corrected chi connectivity index (χ2v) is 4.74. The topological polar surface area (TPSA) is 62.2 Å². The minimum absolute atomic E-state index is 0.203. The molecule has 0 unspecified atom stereocenters. The molecule has 1 aromatic heterocycles. The molecule has 2 aromatic rings. The Labute approximate surface area is 130 Å². The van der Waals surface area contributed by atoms with Crippen LogP contribution < -0.4 is 5.32 Å². The van der Waals surface area contributed by atoms with Gasteiger partial charge in [-0.25, -0.2) is 4.79 Å². The van der Waals surface area contributed by atoms with Gasteiger partial charge >= 0.3 is 5.97 Å². The Bertz CT molecular complexity index is 614. The molecule has 1 aromatic carbocycles. The number of hydrogen-bond acceptors (Lipinski definition) is 3. The zero-order valence-corrected chi connectivity index (χ0v) is 13.4. The Morgan fingerprint density at radius 2 is 2.05 bits per heavy atom. The number of aromatic carboxylic acids is 1. The van der Waals surface area contributed by atoms with Crippen molar-refractivity contribution in [3.05, 3.63) is 35.5 Å². The normalized spacial score (nSPS) is 9.90. The van der Waals surface area contributed by atoms with Crippen molar-refractivity contribution < 1.29 is 9.90 Å². The van der Waals surface area contributed by atoms with Crippen molar-refractivity contribution in [1.82, 2.24) is 4.98 Å². The molecule has 0 radical (unpaired) electrons. The molecule has 1 heterocycles.